The second-order valence-electron chi connectivity index (χ2n) is 6.51. The highest BCUT2D eigenvalue weighted by atomic mass is 16.1. The zero-order chi connectivity index (χ0) is 17.2. The summed E-state index contributed by atoms with van der Waals surface area (Å²) in [6.45, 7) is 10.5. The SMILES string of the molecule is CC(C)C(=O)c1ccc(N)c(C(=O)C(C)C)c1C(=O)C(C)C. The number of hydrogen-bond acceptors (Lipinski definition) is 4. The molecule has 0 aliphatic carbocycles. The number of ketones is 3. The predicted molar refractivity (Wildman–Crippen MR) is 88.4 cm³/mol. The molecule has 0 heterocycles. The maximum atomic E-state index is 12.6. The van der Waals surface area contributed by atoms with Gasteiger partial charge >= 0.3 is 0 Å². The quantitative estimate of drug-likeness (QED) is 0.640. The zero-order valence-corrected chi connectivity index (χ0v) is 14.2. The van der Waals surface area contributed by atoms with E-state index in [0.717, 1.165) is 0 Å². The average Bonchev–Trinajstić information content (AvgIpc) is 2.44. The fraction of sp³-hybridized carbons (Fsp3) is 0.500. The molecule has 0 atom stereocenters. The standard InChI is InChI=1S/C18H25NO3/c1-9(2)16(20)12-7-8-13(19)15(18(22)11(5)6)14(12)17(21)10(3)4/h7-11H,19H2,1-6H3. The maximum Gasteiger partial charge on any atom is 0.168 e. The van der Waals surface area contributed by atoms with E-state index in [4.69, 9.17) is 5.73 Å². The summed E-state index contributed by atoms with van der Waals surface area (Å²) < 4.78 is 0. The van der Waals surface area contributed by atoms with Crippen LogP contribution >= 0.6 is 0 Å². The molecule has 1 aromatic carbocycles. The molecule has 120 valence electrons. The largest absolute Gasteiger partial charge is 0.398 e. The van der Waals surface area contributed by atoms with Gasteiger partial charge in [0, 0.05) is 34.6 Å². The highest BCUT2D eigenvalue weighted by molar-refractivity contribution is 6.18. The maximum absolute atomic E-state index is 12.6. The number of nitrogens with two attached hydrogens (primary N) is 1. The third-order valence-corrected chi connectivity index (χ3v) is 3.57. The van der Waals surface area contributed by atoms with E-state index < -0.39 is 0 Å². The highest BCUT2D eigenvalue weighted by Crippen LogP contribution is 2.28. The van der Waals surface area contributed by atoms with Gasteiger partial charge in [0.15, 0.2) is 17.3 Å². The molecule has 0 amide bonds. The van der Waals surface area contributed by atoms with Gasteiger partial charge in [-0.05, 0) is 12.1 Å². The minimum atomic E-state index is -0.320. The molecule has 0 aromatic heterocycles. The Bertz CT molecular complexity index is 613. The van der Waals surface area contributed by atoms with Gasteiger partial charge in [-0.3, -0.25) is 14.4 Å². The van der Waals surface area contributed by atoms with Gasteiger partial charge in [-0.2, -0.15) is 0 Å². The number of hydrogen-bond donors (Lipinski definition) is 1. The Labute approximate surface area is 132 Å². The van der Waals surface area contributed by atoms with Crippen LogP contribution in [0.15, 0.2) is 12.1 Å². The van der Waals surface area contributed by atoms with Gasteiger partial charge in [-0.15, -0.1) is 0 Å². The molecule has 0 unspecified atom stereocenters. The van der Waals surface area contributed by atoms with Gasteiger partial charge in [0.1, 0.15) is 0 Å². The van der Waals surface area contributed by atoms with Gasteiger partial charge < -0.3 is 5.73 Å². The summed E-state index contributed by atoms with van der Waals surface area (Å²) in [5.41, 5.74) is 6.89. The molecule has 2 N–H and O–H groups in total. The van der Waals surface area contributed by atoms with E-state index in [2.05, 4.69) is 0 Å². The Hall–Kier alpha value is -1.97. The molecule has 1 rings (SSSR count). The Balaban J connectivity index is 3.75. The Morgan fingerprint density at radius 2 is 1.14 bits per heavy atom. The monoisotopic (exact) mass is 303 g/mol. The third kappa shape index (κ3) is 3.43. The Morgan fingerprint density at radius 3 is 1.55 bits per heavy atom. The fourth-order valence-electron chi connectivity index (χ4n) is 2.23. The van der Waals surface area contributed by atoms with E-state index in [9.17, 15) is 14.4 Å². The van der Waals surface area contributed by atoms with Crippen LogP contribution in [0.5, 0.6) is 0 Å². The van der Waals surface area contributed by atoms with E-state index in [-0.39, 0.29) is 51.9 Å². The van der Waals surface area contributed by atoms with Crippen molar-refractivity contribution >= 4 is 23.0 Å². The molecule has 0 radical (unpaired) electrons. The molecule has 0 aliphatic rings. The van der Waals surface area contributed by atoms with Gasteiger partial charge in [-0.1, -0.05) is 41.5 Å². The molecule has 0 bridgehead atoms. The van der Waals surface area contributed by atoms with Crippen molar-refractivity contribution in [2.75, 3.05) is 5.73 Å². The number of Topliss-reactive ketones (excluding diaryl/α,β-unsaturated/α-hetero) is 3. The summed E-state index contributed by atoms with van der Waals surface area (Å²) in [4.78, 5) is 37.6. The van der Waals surface area contributed by atoms with Crippen LogP contribution in [0.1, 0.15) is 72.6 Å². The second-order valence-corrected chi connectivity index (χ2v) is 6.51. The van der Waals surface area contributed by atoms with E-state index in [0.29, 0.717) is 5.56 Å². The van der Waals surface area contributed by atoms with E-state index >= 15 is 0 Å². The minimum Gasteiger partial charge on any atom is -0.398 e. The molecule has 0 spiro atoms. The number of carbonyl (C=O) groups is 3. The fourth-order valence-corrected chi connectivity index (χ4v) is 2.23. The van der Waals surface area contributed by atoms with Crippen molar-refractivity contribution in [2.24, 2.45) is 17.8 Å². The number of benzene rings is 1. The molecule has 22 heavy (non-hydrogen) atoms. The van der Waals surface area contributed by atoms with E-state index in [1.165, 1.54) is 0 Å². The summed E-state index contributed by atoms with van der Waals surface area (Å²) in [6, 6.07) is 3.10. The van der Waals surface area contributed by atoms with Crippen LogP contribution in [-0.2, 0) is 0 Å². The summed E-state index contributed by atoms with van der Waals surface area (Å²) in [5.74, 6) is -1.46. The van der Waals surface area contributed by atoms with Crippen LogP contribution < -0.4 is 5.73 Å². The van der Waals surface area contributed by atoms with Crippen molar-refractivity contribution in [2.45, 2.75) is 41.5 Å². The van der Waals surface area contributed by atoms with Crippen molar-refractivity contribution in [3.05, 3.63) is 28.8 Å². The molecule has 0 saturated heterocycles. The van der Waals surface area contributed by atoms with Crippen molar-refractivity contribution in [3.8, 4) is 0 Å². The molecular weight excluding hydrogens is 278 g/mol. The van der Waals surface area contributed by atoms with E-state index in [1.807, 2.05) is 0 Å². The summed E-state index contributed by atoms with van der Waals surface area (Å²) >= 11 is 0. The number of carbonyl (C=O) groups excluding carboxylic acids is 3. The van der Waals surface area contributed by atoms with Crippen molar-refractivity contribution < 1.29 is 14.4 Å². The normalized spacial score (nSPS) is 11.3. The predicted octanol–water partition coefficient (Wildman–Crippen LogP) is 3.78. The average molecular weight is 303 g/mol. The summed E-state index contributed by atoms with van der Waals surface area (Å²) in [5, 5.41) is 0. The van der Waals surface area contributed by atoms with Crippen LogP contribution in [0.2, 0.25) is 0 Å². The second kappa shape index (κ2) is 6.86. The zero-order valence-electron chi connectivity index (χ0n) is 14.2. The Morgan fingerprint density at radius 1 is 0.727 bits per heavy atom. The minimum absolute atomic E-state index is 0.151. The molecule has 0 aliphatic heterocycles. The number of anilines is 1. The van der Waals surface area contributed by atoms with Gasteiger partial charge in [0.25, 0.3) is 0 Å². The molecule has 4 heteroatoms. The smallest absolute Gasteiger partial charge is 0.168 e. The lowest BCUT2D eigenvalue weighted by molar-refractivity contribution is 0.0892. The molecule has 0 fully saturated rings. The van der Waals surface area contributed by atoms with Crippen molar-refractivity contribution in [1.29, 1.82) is 0 Å². The summed E-state index contributed by atoms with van der Waals surface area (Å²) in [7, 11) is 0. The molecule has 0 saturated carbocycles. The van der Waals surface area contributed by atoms with Crippen LogP contribution in [-0.4, -0.2) is 17.3 Å². The van der Waals surface area contributed by atoms with Crippen LogP contribution in [0.4, 0.5) is 5.69 Å². The van der Waals surface area contributed by atoms with Gasteiger partial charge in [-0.25, -0.2) is 0 Å². The first-order chi connectivity index (χ1) is 10.1. The molecule has 1 aromatic rings. The van der Waals surface area contributed by atoms with E-state index in [1.54, 1.807) is 53.7 Å². The first kappa shape index (κ1) is 18.1. The van der Waals surface area contributed by atoms with Crippen LogP contribution in [0.25, 0.3) is 0 Å². The third-order valence-electron chi connectivity index (χ3n) is 3.57. The van der Waals surface area contributed by atoms with Crippen LogP contribution in [0, 0.1) is 17.8 Å². The molecule has 4 nitrogen and oxygen atoms in total. The lowest BCUT2D eigenvalue weighted by Crippen LogP contribution is -2.23. The lowest BCUT2D eigenvalue weighted by atomic mass is 9.83. The highest BCUT2D eigenvalue weighted by Gasteiger charge is 2.29. The Kier molecular flexibility index (Phi) is 5.64. The van der Waals surface area contributed by atoms with Gasteiger partial charge in [0.2, 0.25) is 0 Å². The van der Waals surface area contributed by atoms with Gasteiger partial charge in [0.05, 0.1) is 5.56 Å². The molecular formula is C18H25NO3. The first-order valence-electron chi connectivity index (χ1n) is 7.64. The van der Waals surface area contributed by atoms with Crippen LogP contribution in [0.3, 0.4) is 0 Å². The first-order valence-corrected chi connectivity index (χ1v) is 7.64. The lowest BCUT2D eigenvalue weighted by Gasteiger charge is -2.18. The number of rotatable bonds is 6. The topological polar surface area (TPSA) is 77.2 Å². The summed E-state index contributed by atoms with van der Waals surface area (Å²) in [6.07, 6.45) is 0. The number of nitrogen functional groups attached to an aromatic ring is 1. The van der Waals surface area contributed by atoms with Crippen molar-refractivity contribution in [1.82, 2.24) is 0 Å². The van der Waals surface area contributed by atoms with Crippen molar-refractivity contribution in [3.63, 3.8) is 0 Å².